The molecule has 0 bridgehead atoms. The average molecular weight is 227 g/mol. The molecule has 3 heteroatoms. The number of carbonyl (C=O) groups is 1. The Balaban J connectivity index is 2.91. The van der Waals surface area contributed by atoms with E-state index in [1.54, 1.807) is 12.1 Å². The maximum Gasteiger partial charge on any atom is 0.131 e. The lowest BCUT2D eigenvalue weighted by molar-refractivity contribution is -0.107. The highest BCUT2D eigenvalue weighted by molar-refractivity contribution is 6.32. The monoisotopic (exact) mass is 226 g/mol. The fourth-order valence-electron chi connectivity index (χ4n) is 0.950. The SMILES string of the molecule is O=CCC#Cc1ccc(Cl)c(CCl)c1. The van der Waals surface area contributed by atoms with Gasteiger partial charge in [-0.2, -0.15) is 0 Å². The molecule has 0 saturated heterocycles. The third kappa shape index (κ3) is 3.06. The molecular formula is C11H8Cl2O. The molecule has 0 saturated carbocycles. The van der Waals surface area contributed by atoms with Gasteiger partial charge >= 0.3 is 0 Å². The number of alkyl halides is 1. The fraction of sp³-hybridized carbons (Fsp3) is 0.182. The number of hydrogen-bond donors (Lipinski definition) is 0. The summed E-state index contributed by atoms with van der Waals surface area (Å²) in [5, 5.41) is 0.640. The van der Waals surface area contributed by atoms with Crippen LogP contribution < -0.4 is 0 Å². The molecule has 0 atom stereocenters. The minimum absolute atomic E-state index is 0.249. The van der Waals surface area contributed by atoms with E-state index in [9.17, 15) is 4.79 Å². The summed E-state index contributed by atoms with van der Waals surface area (Å²) in [6.07, 6.45) is 1.02. The van der Waals surface area contributed by atoms with Crippen molar-refractivity contribution in [2.24, 2.45) is 0 Å². The second kappa shape index (κ2) is 5.70. The van der Waals surface area contributed by atoms with E-state index < -0.39 is 0 Å². The van der Waals surface area contributed by atoms with Crippen LogP contribution in [0.5, 0.6) is 0 Å². The number of halogens is 2. The molecule has 0 heterocycles. The highest BCUT2D eigenvalue weighted by Crippen LogP contribution is 2.18. The van der Waals surface area contributed by atoms with Crippen molar-refractivity contribution in [2.45, 2.75) is 12.3 Å². The van der Waals surface area contributed by atoms with Gasteiger partial charge in [0.1, 0.15) is 6.29 Å². The molecule has 0 aliphatic carbocycles. The first-order chi connectivity index (χ1) is 6.77. The van der Waals surface area contributed by atoms with Gasteiger partial charge in [-0.05, 0) is 23.8 Å². The van der Waals surface area contributed by atoms with Crippen LogP contribution >= 0.6 is 23.2 Å². The van der Waals surface area contributed by atoms with Crippen LogP contribution in [0.25, 0.3) is 0 Å². The van der Waals surface area contributed by atoms with Gasteiger partial charge in [-0.3, -0.25) is 0 Å². The quantitative estimate of drug-likeness (QED) is 0.431. The number of benzene rings is 1. The van der Waals surface area contributed by atoms with Crippen LogP contribution in [0.4, 0.5) is 0 Å². The summed E-state index contributed by atoms with van der Waals surface area (Å²) in [6.45, 7) is 0. The van der Waals surface area contributed by atoms with Crippen molar-refractivity contribution in [3.8, 4) is 11.8 Å². The Bertz CT molecular complexity index is 388. The third-order valence-corrected chi connectivity index (χ3v) is 2.26. The Morgan fingerprint density at radius 2 is 2.21 bits per heavy atom. The number of hydrogen-bond acceptors (Lipinski definition) is 1. The van der Waals surface area contributed by atoms with Gasteiger partial charge in [-0.15, -0.1) is 11.6 Å². The molecular weight excluding hydrogens is 219 g/mol. The van der Waals surface area contributed by atoms with Gasteiger partial charge in [-0.1, -0.05) is 23.4 Å². The van der Waals surface area contributed by atoms with Crippen LogP contribution in [0, 0.1) is 11.8 Å². The molecule has 0 radical (unpaired) electrons. The van der Waals surface area contributed by atoms with Crippen molar-refractivity contribution in [3.05, 3.63) is 34.3 Å². The van der Waals surface area contributed by atoms with Crippen LogP contribution in [0.3, 0.4) is 0 Å². The van der Waals surface area contributed by atoms with E-state index in [1.807, 2.05) is 6.07 Å². The van der Waals surface area contributed by atoms with Gasteiger partial charge in [0.2, 0.25) is 0 Å². The van der Waals surface area contributed by atoms with E-state index in [0.29, 0.717) is 10.9 Å². The van der Waals surface area contributed by atoms with E-state index in [2.05, 4.69) is 11.8 Å². The standard InChI is InChI=1S/C11H8Cl2O/c12-8-10-7-9(3-1-2-6-14)4-5-11(10)13/h4-7H,2,8H2. The van der Waals surface area contributed by atoms with E-state index in [-0.39, 0.29) is 6.42 Å². The molecule has 1 rings (SSSR count). The van der Waals surface area contributed by atoms with Crippen LogP contribution in [0.2, 0.25) is 5.02 Å². The first-order valence-electron chi connectivity index (χ1n) is 4.05. The van der Waals surface area contributed by atoms with Gasteiger partial charge in [0.25, 0.3) is 0 Å². The predicted molar refractivity (Wildman–Crippen MR) is 58.6 cm³/mol. The zero-order chi connectivity index (χ0) is 10.4. The number of rotatable bonds is 2. The smallest absolute Gasteiger partial charge is 0.131 e. The Morgan fingerprint density at radius 3 is 2.86 bits per heavy atom. The van der Waals surface area contributed by atoms with Gasteiger partial charge < -0.3 is 4.79 Å². The van der Waals surface area contributed by atoms with Gasteiger partial charge in [0, 0.05) is 16.5 Å². The lowest BCUT2D eigenvalue weighted by Gasteiger charge is -1.99. The second-order valence-corrected chi connectivity index (χ2v) is 3.29. The molecule has 0 aliphatic heterocycles. The fourth-order valence-corrected chi connectivity index (χ4v) is 1.42. The molecule has 0 amide bonds. The molecule has 0 fully saturated rings. The summed E-state index contributed by atoms with van der Waals surface area (Å²) in [6, 6.07) is 5.38. The zero-order valence-corrected chi connectivity index (χ0v) is 8.90. The van der Waals surface area contributed by atoms with Crippen LogP contribution in [0.1, 0.15) is 17.5 Å². The maximum atomic E-state index is 10.0. The molecule has 1 nitrogen and oxygen atoms in total. The first kappa shape index (κ1) is 11.1. The van der Waals surface area contributed by atoms with E-state index in [1.165, 1.54) is 0 Å². The molecule has 0 aliphatic rings. The summed E-state index contributed by atoms with van der Waals surface area (Å²) in [7, 11) is 0. The normalized spacial score (nSPS) is 9.00. The van der Waals surface area contributed by atoms with Crippen molar-refractivity contribution in [3.63, 3.8) is 0 Å². The zero-order valence-electron chi connectivity index (χ0n) is 7.39. The topological polar surface area (TPSA) is 17.1 Å². The van der Waals surface area contributed by atoms with Crippen LogP contribution in [-0.4, -0.2) is 6.29 Å². The average Bonchev–Trinajstić information content (AvgIpc) is 2.21. The molecule has 1 aromatic rings. The largest absolute Gasteiger partial charge is 0.302 e. The molecule has 0 N–H and O–H groups in total. The molecule has 0 spiro atoms. The molecule has 0 aromatic heterocycles. The second-order valence-electron chi connectivity index (χ2n) is 2.61. The van der Waals surface area contributed by atoms with Crippen molar-refractivity contribution < 1.29 is 4.79 Å². The minimum atomic E-state index is 0.249. The predicted octanol–water partition coefficient (Wildman–Crippen LogP) is 3.02. The molecule has 14 heavy (non-hydrogen) atoms. The van der Waals surface area contributed by atoms with Gasteiger partial charge in [0.05, 0.1) is 6.42 Å². The summed E-state index contributed by atoms with van der Waals surface area (Å²) in [4.78, 5) is 10.0. The summed E-state index contributed by atoms with van der Waals surface area (Å²) in [5.74, 6) is 5.93. The van der Waals surface area contributed by atoms with Crippen molar-refractivity contribution in [2.75, 3.05) is 0 Å². The van der Waals surface area contributed by atoms with Crippen molar-refractivity contribution in [1.29, 1.82) is 0 Å². The summed E-state index contributed by atoms with van der Waals surface area (Å²) in [5.41, 5.74) is 1.68. The number of aldehydes is 1. The van der Waals surface area contributed by atoms with Crippen LogP contribution in [0.15, 0.2) is 18.2 Å². The first-order valence-corrected chi connectivity index (χ1v) is 4.96. The van der Waals surface area contributed by atoms with Crippen molar-refractivity contribution >= 4 is 29.5 Å². The van der Waals surface area contributed by atoms with E-state index in [4.69, 9.17) is 23.2 Å². The van der Waals surface area contributed by atoms with Gasteiger partial charge in [0.15, 0.2) is 0 Å². The molecule has 1 aromatic carbocycles. The molecule has 72 valence electrons. The van der Waals surface area contributed by atoms with E-state index in [0.717, 1.165) is 17.4 Å². The van der Waals surface area contributed by atoms with Gasteiger partial charge in [-0.25, -0.2) is 0 Å². The Hall–Kier alpha value is -0.970. The Morgan fingerprint density at radius 1 is 1.43 bits per heavy atom. The minimum Gasteiger partial charge on any atom is -0.302 e. The highest BCUT2D eigenvalue weighted by atomic mass is 35.5. The lowest BCUT2D eigenvalue weighted by atomic mass is 10.1. The van der Waals surface area contributed by atoms with Crippen LogP contribution in [-0.2, 0) is 10.7 Å². The number of carbonyl (C=O) groups excluding carboxylic acids is 1. The molecule has 0 unspecified atom stereocenters. The highest BCUT2D eigenvalue weighted by Gasteiger charge is 1.98. The Labute approximate surface area is 93.0 Å². The van der Waals surface area contributed by atoms with Crippen molar-refractivity contribution in [1.82, 2.24) is 0 Å². The summed E-state index contributed by atoms with van der Waals surface area (Å²) < 4.78 is 0. The van der Waals surface area contributed by atoms with E-state index >= 15 is 0 Å². The summed E-state index contributed by atoms with van der Waals surface area (Å²) >= 11 is 11.5. The maximum absolute atomic E-state index is 10.0. The Kier molecular flexibility index (Phi) is 4.52. The third-order valence-electron chi connectivity index (χ3n) is 1.61. The lowest BCUT2D eigenvalue weighted by Crippen LogP contribution is -1.82.